The Balaban J connectivity index is 1.93. The largest absolute Gasteiger partial charge is 0.478 e. The van der Waals surface area contributed by atoms with Crippen LogP contribution in [0, 0.1) is 17.1 Å². The molecule has 0 saturated heterocycles. The zero-order valence-electron chi connectivity index (χ0n) is 14.6. The van der Waals surface area contributed by atoms with Crippen molar-refractivity contribution < 1.29 is 14.3 Å². The number of hydrogen-bond donors (Lipinski definition) is 1. The number of nitriles is 1. The molecule has 0 fully saturated rings. The Morgan fingerprint density at radius 3 is 2.68 bits per heavy atom. The minimum absolute atomic E-state index is 0.157. The molecule has 0 aliphatic heterocycles. The van der Waals surface area contributed by atoms with E-state index >= 15 is 0 Å². The van der Waals surface area contributed by atoms with Crippen LogP contribution < -0.4 is 0 Å². The predicted octanol–water partition coefficient (Wildman–Crippen LogP) is 4.33. The van der Waals surface area contributed by atoms with Crippen LogP contribution in [0.15, 0.2) is 66.7 Å². The van der Waals surface area contributed by atoms with Crippen molar-refractivity contribution in [2.24, 2.45) is 0 Å². The van der Waals surface area contributed by atoms with Gasteiger partial charge in [0.1, 0.15) is 11.6 Å². The van der Waals surface area contributed by atoms with E-state index in [1.807, 2.05) is 4.57 Å². The van der Waals surface area contributed by atoms with Gasteiger partial charge >= 0.3 is 5.97 Å². The Morgan fingerprint density at radius 2 is 1.93 bits per heavy atom. The van der Waals surface area contributed by atoms with Gasteiger partial charge in [-0.15, -0.1) is 0 Å². The van der Waals surface area contributed by atoms with Crippen LogP contribution in [0.3, 0.4) is 0 Å². The van der Waals surface area contributed by atoms with Gasteiger partial charge in [-0.2, -0.15) is 5.26 Å². The average Bonchev–Trinajstić information content (AvgIpc) is 3.04. The summed E-state index contributed by atoms with van der Waals surface area (Å²) in [5.74, 6) is -0.734. The molecule has 0 aliphatic carbocycles. The van der Waals surface area contributed by atoms with E-state index in [4.69, 9.17) is 5.26 Å². The highest BCUT2D eigenvalue weighted by molar-refractivity contribution is 5.88. The van der Waals surface area contributed by atoms with Gasteiger partial charge in [-0.3, -0.25) is 4.57 Å². The molecule has 0 aliphatic rings. The molecule has 0 unspecified atom stereocenters. The maximum absolute atomic E-state index is 13.6. The highest BCUT2D eigenvalue weighted by atomic mass is 19.1. The summed E-state index contributed by atoms with van der Waals surface area (Å²) >= 11 is 0. The van der Waals surface area contributed by atoms with Gasteiger partial charge in [0, 0.05) is 12.1 Å². The smallest absolute Gasteiger partial charge is 0.335 e. The number of rotatable bonds is 4. The van der Waals surface area contributed by atoms with E-state index in [0.29, 0.717) is 29.0 Å². The van der Waals surface area contributed by atoms with Crippen LogP contribution in [0.25, 0.3) is 16.7 Å². The Labute approximate surface area is 159 Å². The van der Waals surface area contributed by atoms with E-state index in [1.165, 1.54) is 18.2 Å². The highest BCUT2D eigenvalue weighted by Crippen LogP contribution is 2.25. The Hall–Kier alpha value is -3.98. The van der Waals surface area contributed by atoms with Gasteiger partial charge in [-0.05, 0) is 54.1 Å². The lowest BCUT2D eigenvalue weighted by atomic mass is 10.1. The average molecular weight is 371 g/mol. The predicted molar refractivity (Wildman–Crippen MR) is 102 cm³/mol. The molecule has 0 radical (unpaired) electrons. The van der Waals surface area contributed by atoms with Crippen molar-refractivity contribution in [3.63, 3.8) is 0 Å². The molecule has 4 aromatic rings. The van der Waals surface area contributed by atoms with Crippen molar-refractivity contribution in [2.75, 3.05) is 0 Å². The van der Waals surface area contributed by atoms with Crippen LogP contribution in [-0.2, 0) is 6.42 Å². The lowest BCUT2D eigenvalue weighted by Gasteiger charge is -2.10. The summed E-state index contributed by atoms with van der Waals surface area (Å²) < 4.78 is 15.5. The molecule has 0 bridgehead atoms. The number of imidazole rings is 1. The topological polar surface area (TPSA) is 78.9 Å². The molecule has 0 atom stereocenters. The number of benzene rings is 3. The fraction of sp³-hybridized carbons (Fsp3) is 0.0455. The SMILES string of the molecule is N#Cc1ccc2c(c1)nc(Cc1cccc(F)c1)n2-c1cccc(C(=O)O)c1. The quantitative estimate of drug-likeness (QED) is 0.579. The molecular formula is C22H14FN3O2. The van der Waals surface area contributed by atoms with Crippen LogP contribution in [0.4, 0.5) is 4.39 Å². The monoisotopic (exact) mass is 371 g/mol. The number of carbonyl (C=O) groups is 1. The molecule has 0 spiro atoms. The summed E-state index contributed by atoms with van der Waals surface area (Å²) in [5, 5.41) is 18.5. The summed E-state index contributed by atoms with van der Waals surface area (Å²) in [6.45, 7) is 0. The van der Waals surface area contributed by atoms with Gasteiger partial charge in [-0.25, -0.2) is 14.2 Å². The number of fused-ring (bicyclic) bond motifs is 1. The van der Waals surface area contributed by atoms with Crippen LogP contribution in [0.1, 0.15) is 27.3 Å². The number of carboxylic acid groups (broad SMARTS) is 1. The molecule has 28 heavy (non-hydrogen) atoms. The minimum Gasteiger partial charge on any atom is -0.478 e. The van der Waals surface area contributed by atoms with Gasteiger partial charge in [0.2, 0.25) is 0 Å². The van der Waals surface area contributed by atoms with E-state index < -0.39 is 5.97 Å². The first-order valence-electron chi connectivity index (χ1n) is 8.55. The minimum atomic E-state index is -1.02. The van der Waals surface area contributed by atoms with Gasteiger partial charge in [0.25, 0.3) is 0 Å². The number of aromatic carboxylic acids is 1. The van der Waals surface area contributed by atoms with Crippen LogP contribution in [0.2, 0.25) is 0 Å². The van der Waals surface area contributed by atoms with Crippen molar-refractivity contribution in [3.05, 3.63) is 95.1 Å². The number of nitrogens with zero attached hydrogens (tertiary/aromatic N) is 3. The first-order valence-corrected chi connectivity index (χ1v) is 8.55. The third-order valence-corrected chi connectivity index (χ3v) is 4.46. The first kappa shape index (κ1) is 17.4. The molecule has 4 rings (SSSR count). The summed E-state index contributed by atoms with van der Waals surface area (Å²) in [5.41, 5.74) is 3.38. The zero-order valence-corrected chi connectivity index (χ0v) is 14.6. The molecule has 1 N–H and O–H groups in total. The van der Waals surface area contributed by atoms with E-state index in [1.54, 1.807) is 48.5 Å². The van der Waals surface area contributed by atoms with Crippen molar-refractivity contribution in [3.8, 4) is 11.8 Å². The van der Waals surface area contributed by atoms with Gasteiger partial charge in [0.05, 0.1) is 28.2 Å². The summed E-state index contributed by atoms with van der Waals surface area (Å²) in [4.78, 5) is 16.0. The van der Waals surface area contributed by atoms with Crippen molar-refractivity contribution in [1.82, 2.24) is 9.55 Å². The molecule has 5 nitrogen and oxygen atoms in total. The number of carboxylic acids is 1. The summed E-state index contributed by atoms with van der Waals surface area (Å²) in [6, 6.07) is 20.0. The van der Waals surface area contributed by atoms with E-state index in [2.05, 4.69) is 11.1 Å². The van der Waals surface area contributed by atoms with E-state index in [9.17, 15) is 14.3 Å². The summed E-state index contributed by atoms with van der Waals surface area (Å²) in [7, 11) is 0. The number of hydrogen-bond acceptors (Lipinski definition) is 3. The lowest BCUT2D eigenvalue weighted by molar-refractivity contribution is 0.0697. The van der Waals surface area contributed by atoms with Crippen molar-refractivity contribution in [2.45, 2.75) is 6.42 Å². The second-order valence-electron chi connectivity index (χ2n) is 6.34. The van der Waals surface area contributed by atoms with Gasteiger partial charge < -0.3 is 5.11 Å². The molecule has 0 amide bonds. The third kappa shape index (κ3) is 3.21. The second-order valence-corrected chi connectivity index (χ2v) is 6.34. The number of halogens is 1. The Kier molecular flexibility index (Phi) is 4.34. The summed E-state index contributed by atoms with van der Waals surface area (Å²) in [6.07, 6.45) is 0.353. The van der Waals surface area contributed by atoms with Gasteiger partial charge in [0.15, 0.2) is 0 Å². The van der Waals surface area contributed by atoms with Crippen LogP contribution in [0.5, 0.6) is 0 Å². The molecule has 6 heteroatoms. The van der Waals surface area contributed by atoms with E-state index in [-0.39, 0.29) is 11.4 Å². The Bertz CT molecular complexity index is 1250. The molecule has 1 aromatic heterocycles. The molecule has 1 heterocycles. The van der Waals surface area contributed by atoms with E-state index in [0.717, 1.165) is 11.1 Å². The fourth-order valence-corrected chi connectivity index (χ4v) is 3.21. The highest BCUT2D eigenvalue weighted by Gasteiger charge is 2.15. The standard InChI is InChI=1S/C22H14FN3O2/c23-17-5-1-3-14(9-17)11-21-25-19-10-15(13-24)7-8-20(19)26(21)18-6-2-4-16(12-18)22(27)28/h1-10,12H,11H2,(H,27,28). The normalized spacial score (nSPS) is 10.7. The third-order valence-electron chi connectivity index (χ3n) is 4.46. The molecule has 136 valence electrons. The fourth-order valence-electron chi connectivity index (χ4n) is 3.21. The first-order chi connectivity index (χ1) is 13.5. The second kappa shape index (κ2) is 6.97. The molecular weight excluding hydrogens is 357 g/mol. The van der Waals surface area contributed by atoms with Crippen LogP contribution in [-0.4, -0.2) is 20.6 Å². The maximum atomic E-state index is 13.6. The van der Waals surface area contributed by atoms with Crippen LogP contribution >= 0.6 is 0 Å². The van der Waals surface area contributed by atoms with Gasteiger partial charge in [-0.1, -0.05) is 18.2 Å². The Morgan fingerprint density at radius 1 is 1.11 bits per heavy atom. The lowest BCUT2D eigenvalue weighted by Crippen LogP contribution is -2.04. The molecule has 3 aromatic carbocycles. The van der Waals surface area contributed by atoms with Crippen molar-refractivity contribution >= 4 is 17.0 Å². The molecule has 0 saturated carbocycles. The zero-order chi connectivity index (χ0) is 19.7. The number of aromatic nitrogens is 2. The van der Waals surface area contributed by atoms with Crippen molar-refractivity contribution in [1.29, 1.82) is 5.26 Å². The maximum Gasteiger partial charge on any atom is 0.335 e.